The molecule has 0 atom stereocenters. The van der Waals surface area contributed by atoms with Crippen LogP contribution >= 0.6 is 46.0 Å². The van der Waals surface area contributed by atoms with Crippen LogP contribution in [-0.2, 0) is 0 Å². The minimum absolute atomic E-state index is 0.104. The van der Waals surface area contributed by atoms with Crippen LogP contribution in [-0.4, -0.2) is 23.1 Å². The SMILES string of the molecule is CSc1ccc(Cl)c(C(=O)NCCI)c1. The number of nitrogens with one attached hydrogen (secondary N) is 1. The Labute approximate surface area is 112 Å². The third-order valence-corrected chi connectivity index (χ3v) is 3.39. The van der Waals surface area contributed by atoms with E-state index in [-0.39, 0.29) is 5.91 Å². The molecule has 1 aromatic carbocycles. The smallest absolute Gasteiger partial charge is 0.252 e. The second-order valence-electron chi connectivity index (χ2n) is 2.79. The fourth-order valence-electron chi connectivity index (χ4n) is 1.06. The first kappa shape index (κ1) is 13.1. The van der Waals surface area contributed by atoms with Gasteiger partial charge in [0, 0.05) is 15.9 Å². The Bertz CT molecular complexity index is 359. The van der Waals surface area contributed by atoms with Crippen molar-refractivity contribution in [3.63, 3.8) is 0 Å². The van der Waals surface area contributed by atoms with Crippen LogP contribution in [0.15, 0.2) is 23.1 Å². The quantitative estimate of drug-likeness (QED) is 0.510. The summed E-state index contributed by atoms with van der Waals surface area (Å²) in [5.74, 6) is -0.104. The molecule has 0 aliphatic heterocycles. The van der Waals surface area contributed by atoms with Gasteiger partial charge in [-0.05, 0) is 24.5 Å². The zero-order valence-corrected chi connectivity index (χ0v) is 11.9. The molecule has 0 spiro atoms. The largest absolute Gasteiger partial charge is 0.351 e. The number of carbonyl (C=O) groups is 1. The van der Waals surface area contributed by atoms with Crippen LogP contribution in [0.2, 0.25) is 5.02 Å². The average molecular weight is 356 g/mol. The lowest BCUT2D eigenvalue weighted by Gasteiger charge is -2.06. The Morgan fingerprint density at radius 2 is 2.33 bits per heavy atom. The van der Waals surface area contributed by atoms with Crippen molar-refractivity contribution in [1.82, 2.24) is 5.32 Å². The van der Waals surface area contributed by atoms with E-state index in [2.05, 4.69) is 27.9 Å². The highest BCUT2D eigenvalue weighted by Crippen LogP contribution is 2.22. The van der Waals surface area contributed by atoms with Crippen molar-refractivity contribution in [3.05, 3.63) is 28.8 Å². The van der Waals surface area contributed by atoms with Crippen molar-refractivity contribution in [1.29, 1.82) is 0 Å². The minimum atomic E-state index is -0.104. The van der Waals surface area contributed by atoms with Gasteiger partial charge >= 0.3 is 0 Å². The lowest BCUT2D eigenvalue weighted by molar-refractivity contribution is 0.0956. The van der Waals surface area contributed by atoms with E-state index in [1.165, 1.54) is 0 Å². The molecule has 0 saturated carbocycles. The van der Waals surface area contributed by atoms with Gasteiger partial charge in [-0.1, -0.05) is 34.2 Å². The lowest BCUT2D eigenvalue weighted by Crippen LogP contribution is -2.25. The number of rotatable bonds is 4. The average Bonchev–Trinajstić information content (AvgIpc) is 2.26. The summed E-state index contributed by atoms with van der Waals surface area (Å²) in [5, 5.41) is 3.30. The maximum Gasteiger partial charge on any atom is 0.252 e. The molecule has 1 aromatic rings. The summed E-state index contributed by atoms with van der Waals surface area (Å²) in [6.07, 6.45) is 1.97. The lowest BCUT2D eigenvalue weighted by atomic mass is 10.2. The molecule has 0 unspecified atom stereocenters. The van der Waals surface area contributed by atoms with Crippen molar-refractivity contribution < 1.29 is 4.79 Å². The van der Waals surface area contributed by atoms with E-state index >= 15 is 0 Å². The number of hydrogen-bond acceptors (Lipinski definition) is 2. The summed E-state index contributed by atoms with van der Waals surface area (Å²) < 4.78 is 0.892. The van der Waals surface area contributed by atoms with Crippen LogP contribution in [0.5, 0.6) is 0 Å². The molecule has 0 fully saturated rings. The second kappa shape index (κ2) is 6.60. The Balaban J connectivity index is 2.86. The molecule has 0 saturated heterocycles. The summed E-state index contributed by atoms with van der Waals surface area (Å²) in [6.45, 7) is 0.666. The first-order valence-electron chi connectivity index (χ1n) is 4.36. The van der Waals surface area contributed by atoms with Gasteiger partial charge < -0.3 is 5.32 Å². The topological polar surface area (TPSA) is 29.1 Å². The normalized spacial score (nSPS) is 10.1. The zero-order valence-electron chi connectivity index (χ0n) is 8.22. The highest BCUT2D eigenvalue weighted by atomic mass is 127. The standard InChI is InChI=1S/C10H11ClINOS/c1-15-7-2-3-9(11)8(6-7)10(14)13-5-4-12/h2-3,6H,4-5H2,1H3,(H,13,14). The molecule has 15 heavy (non-hydrogen) atoms. The van der Waals surface area contributed by atoms with E-state index in [1.54, 1.807) is 17.8 Å². The number of carbonyl (C=O) groups excluding carboxylic acids is 1. The van der Waals surface area contributed by atoms with Gasteiger partial charge in [0.2, 0.25) is 0 Å². The van der Waals surface area contributed by atoms with E-state index in [0.717, 1.165) is 9.32 Å². The van der Waals surface area contributed by atoms with Crippen LogP contribution in [0.3, 0.4) is 0 Å². The molecule has 0 aliphatic rings. The monoisotopic (exact) mass is 355 g/mol. The van der Waals surface area contributed by atoms with Crippen LogP contribution in [0.4, 0.5) is 0 Å². The molecule has 0 aromatic heterocycles. The molecule has 0 aliphatic carbocycles. The van der Waals surface area contributed by atoms with Crippen LogP contribution < -0.4 is 5.32 Å². The van der Waals surface area contributed by atoms with E-state index < -0.39 is 0 Å². The first-order valence-corrected chi connectivity index (χ1v) is 7.49. The van der Waals surface area contributed by atoms with Crippen molar-refractivity contribution in [2.75, 3.05) is 17.2 Å². The van der Waals surface area contributed by atoms with Gasteiger partial charge in [0.15, 0.2) is 0 Å². The number of alkyl halides is 1. The third-order valence-electron chi connectivity index (χ3n) is 1.80. The molecule has 1 amide bonds. The molecular formula is C10H11ClINOS. The highest BCUT2D eigenvalue weighted by molar-refractivity contribution is 14.1. The molecule has 0 heterocycles. The van der Waals surface area contributed by atoms with Crippen molar-refractivity contribution in [2.24, 2.45) is 0 Å². The summed E-state index contributed by atoms with van der Waals surface area (Å²) in [7, 11) is 0. The van der Waals surface area contributed by atoms with Crippen molar-refractivity contribution in [3.8, 4) is 0 Å². The molecule has 1 N–H and O–H groups in total. The molecular weight excluding hydrogens is 345 g/mol. The molecule has 5 heteroatoms. The first-order chi connectivity index (χ1) is 7.19. The maximum atomic E-state index is 11.7. The summed E-state index contributed by atoms with van der Waals surface area (Å²) >= 11 is 9.76. The van der Waals surface area contributed by atoms with Gasteiger partial charge in [-0.15, -0.1) is 11.8 Å². The zero-order chi connectivity index (χ0) is 11.3. The van der Waals surface area contributed by atoms with Crippen LogP contribution in [0, 0.1) is 0 Å². The number of benzene rings is 1. The number of halogens is 2. The van der Waals surface area contributed by atoms with E-state index in [9.17, 15) is 4.79 Å². The Morgan fingerprint density at radius 3 is 2.93 bits per heavy atom. The summed E-state index contributed by atoms with van der Waals surface area (Å²) in [4.78, 5) is 12.7. The Kier molecular flexibility index (Phi) is 5.78. The minimum Gasteiger partial charge on any atom is -0.351 e. The fourth-order valence-corrected chi connectivity index (χ4v) is 1.97. The van der Waals surface area contributed by atoms with Gasteiger partial charge in [-0.25, -0.2) is 0 Å². The number of hydrogen-bond donors (Lipinski definition) is 1. The van der Waals surface area contributed by atoms with Gasteiger partial charge in [-0.2, -0.15) is 0 Å². The predicted molar refractivity (Wildman–Crippen MR) is 74.5 cm³/mol. The molecule has 2 nitrogen and oxygen atoms in total. The fraction of sp³-hybridized carbons (Fsp3) is 0.300. The molecule has 0 bridgehead atoms. The molecule has 0 radical (unpaired) electrons. The summed E-state index contributed by atoms with van der Waals surface area (Å²) in [5.41, 5.74) is 0.549. The van der Waals surface area contributed by atoms with Gasteiger partial charge in [0.1, 0.15) is 0 Å². The third kappa shape index (κ3) is 3.85. The van der Waals surface area contributed by atoms with Gasteiger partial charge in [0.25, 0.3) is 5.91 Å². The van der Waals surface area contributed by atoms with E-state index in [4.69, 9.17) is 11.6 Å². The second-order valence-corrected chi connectivity index (χ2v) is 5.16. The van der Waals surface area contributed by atoms with E-state index in [1.807, 2.05) is 18.4 Å². The molecule has 1 rings (SSSR count). The Hall–Kier alpha value is 0.0600. The number of amides is 1. The van der Waals surface area contributed by atoms with Crippen molar-refractivity contribution >= 4 is 51.9 Å². The van der Waals surface area contributed by atoms with Crippen LogP contribution in [0.25, 0.3) is 0 Å². The predicted octanol–water partition coefficient (Wildman–Crippen LogP) is 3.23. The van der Waals surface area contributed by atoms with Gasteiger partial charge in [-0.3, -0.25) is 4.79 Å². The van der Waals surface area contributed by atoms with E-state index in [0.29, 0.717) is 17.1 Å². The highest BCUT2D eigenvalue weighted by Gasteiger charge is 2.10. The number of thioether (sulfide) groups is 1. The van der Waals surface area contributed by atoms with Crippen LogP contribution in [0.1, 0.15) is 10.4 Å². The maximum absolute atomic E-state index is 11.7. The van der Waals surface area contributed by atoms with Gasteiger partial charge in [0.05, 0.1) is 10.6 Å². The molecule has 82 valence electrons. The van der Waals surface area contributed by atoms with Crippen molar-refractivity contribution in [2.45, 2.75) is 4.90 Å². The Morgan fingerprint density at radius 1 is 1.60 bits per heavy atom. The summed E-state index contributed by atoms with van der Waals surface area (Å²) in [6, 6.07) is 5.48.